The summed E-state index contributed by atoms with van der Waals surface area (Å²) in [5, 5.41) is 11.9. The van der Waals surface area contributed by atoms with Crippen LogP contribution >= 0.6 is 0 Å². The summed E-state index contributed by atoms with van der Waals surface area (Å²) in [5.74, 6) is -0.913. The molecule has 2 aromatic carbocycles. The van der Waals surface area contributed by atoms with Crippen molar-refractivity contribution in [3.05, 3.63) is 65.2 Å². The minimum Gasteiger partial charge on any atom is -0.488 e. The highest BCUT2D eigenvalue weighted by Gasteiger charge is 2.30. The highest BCUT2D eigenvalue weighted by atomic mass is 16.5. The molecular formula is C23H26N2O4. The lowest BCUT2D eigenvalue weighted by Gasteiger charge is -2.27. The first-order valence-electron chi connectivity index (χ1n) is 9.42. The molecule has 0 fully saturated rings. The molecule has 29 heavy (non-hydrogen) atoms. The van der Waals surface area contributed by atoms with Crippen LogP contribution < -0.4 is 10.1 Å². The fraction of sp³-hybridized carbons (Fsp3) is 0.348. The van der Waals surface area contributed by atoms with Crippen LogP contribution in [0.15, 0.2) is 48.5 Å². The van der Waals surface area contributed by atoms with Crippen molar-refractivity contribution in [3.8, 4) is 11.8 Å². The second kappa shape index (κ2) is 9.74. The first-order valence-corrected chi connectivity index (χ1v) is 9.42. The molecule has 6 nitrogen and oxygen atoms in total. The van der Waals surface area contributed by atoms with E-state index in [1.165, 1.54) is 0 Å². The summed E-state index contributed by atoms with van der Waals surface area (Å²) < 4.78 is 10.9. The van der Waals surface area contributed by atoms with Crippen LogP contribution in [0.2, 0.25) is 0 Å². The van der Waals surface area contributed by atoms with Crippen molar-refractivity contribution in [1.82, 2.24) is 5.32 Å². The molecule has 0 aliphatic rings. The van der Waals surface area contributed by atoms with Crippen LogP contribution in [0.25, 0.3) is 0 Å². The largest absolute Gasteiger partial charge is 0.488 e. The van der Waals surface area contributed by atoms with Gasteiger partial charge in [-0.15, -0.1) is 0 Å². The van der Waals surface area contributed by atoms with Gasteiger partial charge in [-0.1, -0.05) is 55.8 Å². The lowest BCUT2D eigenvalue weighted by molar-refractivity contribution is -0.125. The predicted molar refractivity (Wildman–Crippen MR) is 109 cm³/mol. The first-order chi connectivity index (χ1) is 13.7. The van der Waals surface area contributed by atoms with Crippen LogP contribution in [0.1, 0.15) is 42.3 Å². The van der Waals surface area contributed by atoms with Gasteiger partial charge in [0.05, 0.1) is 6.07 Å². The van der Waals surface area contributed by atoms with Gasteiger partial charge in [0.25, 0.3) is 5.91 Å². The van der Waals surface area contributed by atoms with Crippen molar-refractivity contribution in [3.63, 3.8) is 0 Å². The summed E-state index contributed by atoms with van der Waals surface area (Å²) in [7, 11) is 0. The Labute approximate surface area is 171 Å². The number of carbonyl (C=O) groups is 2. The molecule has 1 N–H and O–H groups in total. The molecular weight excluding hydrogens is 368 g/mol. The zero-order valence-corrected chi connectivity index (χ0v) is 17.2. The zero-order chi connectivity index (χ0) is 21.4. The standard InChI is InChI=1S/C23H26N2O4/c1-16(2)23(4,15-24)25-21(26)14-29-22(27)19-10-5-6-11-20(19)28-13-18-9-7-8-17(3)12-18/h5-12,16H,13-14H2,1-4H3,(H,25,26)/t23-/m0/s1. The number of hydrogen-bond acceptors (Lipinski definition) is 5. The Morgan fingerprint density at radius 2 is 1.90 bits per heavy atom. The van der Waals surface area contributed by atoms with Crippen molar-refractivity contribution >= 4 is 11.9 Å². The molecule has 0 spiro atoms. The Balaban J connectivity index is 1.99. The average molecular weight is 394 g/mol. The van der Waals surface area contributed by atoms with Gasteiger partial charge in [0.2, 0.25) is 0 Å². The Bertz CT molecular complexity index is 917. The lowest BCUT2D eigenvalue weighted by Crippen LogP contribution is -2.50. The van der Waals surface area contributed by atoms with Gasteiger partial charge in [-0.3, -0.25) is 4.79 Å². The van der Waals surface area contributed by atoms with Crippen LogP contribution in [-0.4, -0.2) is 24.0 Å². The Morgan fingerprint density at radius 3 is 2.55 bits per heavy atom. The molecule has 1 atom stereocenters. The number of benzene rings is 2. The van der Waals surface area contributed by atoms with Gasteiger partial charge < -0.3 is 14.8 Å². The first kappa shape index (κ1) is 22.0. The van der Waals surface area contributed by atoms with Crippen molar-refractivity contribution in [1.29, 1.82) is 5.26 Å². The minimum absolute atomic E-state index is 0.0945. The molecule has 0 aliphatic heterocycles. The zero-order valence-electron chi connectivity index (χ0n) is 17.2. The number of nitrogens with one attached hydrogen (secondary N) is 1. The van der Waals surface area contributed by atoms with Gasteiger partial charge in [0, 0.05) is 0 Å². The van der Waals surface area contributed by atoms with Crippen LogP contribution in [0.5, 0.6) is 5.75 Å². The number of aryl methyl sites for hydroxylation is 1. The smallest absolute Gasteiger partial charge is 0.342 e. The maximum absolute atomic E-state index is 12.5. The van der Waals surface area contributed by atoms with Crippen LogP contribution in [0.3, 0.4) is 0 Å². The SMILES string of the molecule is Cc1cccc(COc2ccccc2C(=O)OCC(=O)N[C@@](C)(C#N)C(C)C)c1. The Kier molecular flexibility index (Phi) is 7.38. The number of nitriles is 1. The van der Waals surface area contributed by atoms with E-state index < -0.39 is 24.0 Å². The maximum atomic E-state index is 12.5. The quantitative estimate of drug-likeness (QED) is 0.688. The van der Waals surface area contributed by atoms with E-state index in [0.29, 0.717) is 12.4 Å². The van der Waals surface area contributed by atoms with Crippen molar-refractivity contribution in [2.45, 2.75) is 39.8 Å². The highest BCUT2D eigenvalue weighted by molar-refractivity contribution is 5.94. The van der Waals surface area contributed by atoms with Crippen LogP contribution in [0.4, 0.5) is 0 Å². The normalized spacial score (nSPS) is 12.6. The third-order valence-corrected chi connectivity index (χ3v) is 4.70. The second-order valence-corrected chi connectivity index (χ2v) is 7.37. The third kappa shape index (κ3) is 6.08. The van der Waals surface area contributed by atoms with Gasteiger partial charge in [0.15, 0.2) is 6.61 Å². The molecule has 0 heterocycles. The Hall–Kier alpha value is -3.33. The molecule has 2 rings (SSSR count). The number of hydrogen-bond donors (Lipinski definition) is 1. The summed E-state index contributed by atoms with van der Waals surface area (Å²) in [6, 6.07) is 16.7. The van der Waals surface area contributed by atoms with E-state index in [-0.39, 0.29) is 11.5 Å². The van der Waals surface area contributed by atoms with E-state index in [9.17, 15) is 14.9 Å². The fourth-order valence-electron chi connectivity index (χ4n) is 2.56. The van der Waals surface area contributed by atoms with Gasteiger partial charge in [0.1, 0.15) is 23.5 Å². The van der Waals surface area contributed by atoms with Gasteiger partial charge >= 0.3 is 5.97 Å². The predicted octanol–water partition coefficient (Wildman–Crippen LogP) is 3.79. The topological polar surface area (TPSA) is 88.4 Å². The second-order valence-electron chi connectivity index (χ2n) is 7.37. The van der Waals surface area contributed by atoms with Crippen LogP contribution in [-0.2, 0) is 16.1 Å². The van der Waals surface area contributed by atoms with E-state index in [4.69, 9.17) is 9.47 Å². The lowest BCUT2D eigenvalue weighted by atomic mass is 9.90. The number of rotatable bonds is 8. The molecule has 0 unspecified atom stereocenters. The molecule has 0 radical (unpaired) electrons. The average Bonchev–Trinajstić information content (AvgIpc) is 2.70. The van der Waals surface area contributed by atoms with E-state index in [0.717, 1.165) is 11.1 Å². The third-order valence-electron chi connectivity index (χ3n) is 4.70. The molecule has 0 saturated carbocycles. The molecule has 0 saturated heterocycles. The number of ether oxygens (including phenoxy) is 2. The van der Waals surface area contributed by atoms with Gasteiger partial charge in [-0.25, -0.2) is 4.79 Å². The molecule has 152 valence electrons. The monoisotopic (exact) mass is 394 g/mol. The van der Waals surface area contributed by atoms with Crippen molar-refractivity contribution < 1.29 is 19.1 Å². The molecule has 0 bridgehead atoms. The number of carbonyl (C=O) groups excluding carboxylic acids is 2. The van der Waals surface area contributed by atoms with Gasteiger partial charge in [-0.2, -0.15) is 5.26 Å². The molecule has 0 aliphatic carbocycles. The van der Waals surface area contributed by atoms with E-state index in [1.807, 2.05) is 45.0 Å². The number of para-hydroxylation sites is 1. The molecule has 1 amide bonds. The molecule has 6 heteroatoms. The van der Waals surface area contributed by atoms with Crippen LogP contribution in [0, 0.1) is 24.2 Å². The summed E-state index contributed by atoms with van der Waals surface area (Å²) in [6.45, 7) is 7.12. The van der Waals surface area contributed by atoms with E-state index in [1.54, 1.807) is 31.2 Å². The van der Waals surface area contributed by atoms with Gasteiger partial charge in [-0.05, 0) is 37.5 Å². The summed E-state index contributed by atoms with van der Waals surface area (Å²) in [5.41, 5.74) is 1.31. The number of nitrogens with zero attached hydrogens (tertiary/aromatic N) is 1. The summed E-state index contributed by atoms with van der Waals surface area (Å²) in [6.07, 6.45) is 0. The fourth-order valence-corrected chi connectivity index (χ4v) is 2.56. The van der Waals surface area contributed by atoms with Crippen molar-refractivity contribution in [2.24, 2.45) is 5.92 Å². The summed E-state index contributed by atoms with van der Waals surface area (Å²) in [4.78, 5) is 24.6. The Morgan fingerprint density at radius 1 is 1.17 bits per heavy atom. The van der Waals surface area contributed by atoms with Crippen molar-refractivity contribution in [2.75, 3.05) is 6.61 Å². The number of amides is 1. The molecule has 0 aromatic heterocycles. The van der Waals surface area contributed by atoms with E-state index >= 15 is 0 Å². The van der Waals surface area contributed by atoms with E-state index in [2.05, 4.69) is 11.4 Å². The minimum atomic E-state index is -1.03. The highest BCUT2D eigenvalue weighted by Crippen LogP contribution is 2.21. The summed E-state index contributed by atoms with van der Waals surface area (Å²) >= 11 is 0. The molecule has 2 aromatic rings. The number of esters is 1. The maximum Gasteiger partial charge on any atom is 0.342 e.